The van der Waals surface area contributed by atoms with E-state index >= 15 is 0 Å². The van der Waals surface area contributed by atoms with Gasteiger partial charge in [0.05, 0.1) is 0 Å². The fourth-order valence-corrected chi connectivity index (χ4v) is 3.29. The van der Waals surface area contributed by atoms with Crippen LogP contribution in [0.2, 0.25) is 0 Å². The molecule has 5 heteroatoms. The van der Waals surface area contributed by atoms with Crippen LogP contribution in [0.5, 0.6) is 0 Å². The van der Waals surface area contributed by atoms with Crippen molar-refractivity contribution in [2.45, 2.75) is 31.7 Å². The maximum absolute atomic E-state index is 12.5. The van der Waals surface area contributed by atoms with Crippen molar-refractivity contribution in [3.05, 3.63) is 28.5 Å². The Balaban J connectivity index is 1.63. The van der Waals surface area contributed by atoms with Gasteiger partial charge in [-0.3, -0.25) is 9.69 Å². The topological polar surface area (TPSA) is 36.4 Å². The molecule has 2 heterocycles. The molecular weight excluding hydrogens is 318 g/mol. The smallest absolute Gasteiger partial charge is 0.272 e. The second kappa shape index (κ2) is 6.22. The zero-order valence-electron chi connectivity index (χ0n) is 11.6. The molecule has 0 N–H and O–H groups in total. The van der Waals surface area contributed by atoms with Gasteiger partial charge >= 0.3 is 0 Å². The Morgan fingerprint density at radius 3 is 2.70 bits per heavy atom. The third kappa shape index (κ3) is 3.04. The summed E-state index contributed by atoms with van der Waals surface area (Å²) in [6.45, 7) is 3.80. The maximum Gasteiger partial charge on any atom is 0.272 e. The van der Waals surface area contributed by atoms with Crippen molar-refractivity contribution in [1.82, 2.24) is 14.8 Å². The Hall–Kier alpha value is -0.940. The number of hydrogen-bond donors (Lipinski definition) is 0. The number of aromatic nitrogens is 1. The second-order valence-electron chi connectivity index (χ2n) is 5.61. The molecule has 1 amide bonds. The van der Waals surface area contributed by atoms with Gasteiger partial charge in [-0.25, -0.2) is 4.98 Å². The van der Waals surface area contributed by atoms with Crippen LogP contribution in [0.3, 0.4) is 0 Å². The molecule has 3 rings (SSSR count). The van der Waals surface area contributed by atoms with Gasteiger partial charge < -0.3 is 4.90 Å². The van der Waals surface area contributed by atoms with E-state index < -0.39 is 0 Å². The number of amides is 1. The summed E-state index contributed by atoms with van der Waals surface area (Å²) in [6, 6.07) is 6.27. The van der Waals surface area contributed by atoms with Crippen LogP contribution in [0, 0.1) is 0 Å². The van der Waals surface area contributed by atoms with Crippen molar-refractivity contribution in [3.8, 4) is 0 Å². The Morgan fingerprint density at radius 1 is 1.15 bits per heavy atom. The maximum atomic E-state index is 12.5. The van der Waals surface area contributed by atoms with E-state index in [0.29, 0.717) is 10.3 Å². The molecule has 0 bridgehead atoms. The lowest BCUT2D eigenvalue weighted by Crippen LogP contribution is -2.42. The number of carbonyl (C=O) groups is 1. The van der Waals surface area contributed by atoms with E-state index in [2.05, 4.69) is 25.8 Å². The molecule has 2 fully saturated rings. The molecule has 4 nitrogen and oxygen atoms in total. The third-order valence-corrected chi connectivity index (χ3v) is 4.78. The van der Waals surface area contributed by atoms with Crippen molar-refractivity contribution in [3.63, 3.8) is 0 Å². The molecule has 108 valence electrons. The van der Waals surface area contributed by atoms with E-state index in [-0.39, 0.29) is 5.91 Å². The Kier molecular flexibility index (Phi) is 4.36. The third-order valence-electron chi connectivity index (χ3n) is 4.34. The molecule has 1 saturated heterocycles. The molecule has 1 aliphatic heterocycles. The van der Waals surface area contributed by atoms with Gasteiger partial charge in [-0.05, 0) is 47.3 Å². The van der Waals surface area contributed by atoms with Gasteiger partial charge in [0.2, 0.25) is 0 Å². The normalized spacial score (nSPS) is 21.4. The quantitative estimate of drug-likeness (QED) is 0.778. The first-order valence-electron chi connectivity index (χ1n) is 7.40. The van der Waals surface area contributed by atoms with Gasteiger partial charge in [0.25, 0.3) is 5.91 Å². The molecule has 1 aromatic heterocycles. The van der Waals surface area contributed by atoms with E-state index in [9.17, 15) is 4.79 Å². The van der Waals surface area contributed by atoms with Crippen LogP contribution in [-0.2, 0) is 0 Å². The molecule has 0 radical (unpaired) electrons. The molecule has 1 aromatic rings. The zero-order chi connectivity index (χ0) is 13.9. The minimum atomic E-state index is 0.0572. The van der Waals surface area contributed by atoms with Crippen molar-refractivity contribution in [2.24, 2.45) is 0 Å². The van der Waals surface area contributed by atoms with Crippen LogP contribution in [0.25, 0.3) is 0 Å². The molecule has 0 spiro atoms. The van der Waals surface area contributed by atoms with E-state index in [1.165, 1.54) is 19.3 Å². The van der Waals surface area contributed by atoms with Gasteiger partial charge in [0, 0.05) is 32.2 Å². The number of pyridine rings is 1. The van der Waals surface area contributed by atoms with E-state index in [1.54, 1.807) is 6.07 Å². The lowest BCUT2D eigenvalue weighted by Gasteiger charge is -2.36. The predicted octanol–water partition coefficient (Wildman–Crippen LogP) is 2.54. The lowest BCUT2D eigenvalue weighted by atomic mass is 9.91. The highest BCUT2D eigenvalue weighted by molar-refractivity contribution is 9.10. The van der Waals surface area contributed by atoms with Crippen LogP contribution >= 0.6 is 15.9 Å². The average molecular weight is 338 g/mol. The fraction of sp³-hybridized carbons (Fsp3) is 0.600. The summed E-state index contributed by atoms with van der Waals surface area (Å²) in [5.74, 6) is 0.0572. The van der Waals surface area contributed by atoms with Crippen LogP contribution in [0.1, 0.15) is 36.2 Å². The lowest BCUT2D eigenvalue weighted by molar-refractivity contribution is 0.0743. The molecule has 0 unspecified atom stereocenters. The SMILES string of the molecule is O=C(c1cccc(Br)n1)N1CCCN(C2CCC2)CC1. The molecule has 0 atom stereocenters. The average Bonchev–Trinajstić information content (AvgIpc) is 2.62. The van der Waals surface area contributed by atoms with Crippen LogP contribution < -0.4 is 0 Å². The summed E-state index contributed by atoms with van der Waals surface area (Å²) in [4.78, 5) is 21.3. The van der Waals surface area contributed by atoms with Gasteiger partial charge in [-0.2, -0.15) is 0 Å². The fourth-order valence-electron chi connectivity index (χ4n) is 2.95. The van der Waals surface area contributed by atoms with Gasteiger partial charge in [-0.1, -0.05) is 12.5 Å². The molecule has 1 saturated carbocycles. The standard InChI is InChI=1S/C15H20BrN3O/c16-14-7-2-6-13(17-14)15(20)19-9-3-8-18(10-11-19)12-4-1-5-12/h2,6-7,12H,1,3-5,8-11H2. The van der Waals surface area contributed by atoms with E-state index in [4.69, 9.17) is 0 Å². The second-order valence-corrected chi connectivity index (χ2v) is 6.42. The first-order chi connectivity index (χ1) is 9.74. The number of halogens is 1. The Labute approximate surface area is 128 Å². The highest BCUT2D eigenvalue weighted by atomic mass is 79.9. The summed E-state index contributed by atoms with van der Waals surface area (Å²) in [5, 5.41) is 0. The molecule has 0 aromatic carbocycles. The predicted molar refractivity (Wildman–Crippen MR) is 81.7 cm³/mol. The summed E-state index contributed by atoms with van der Waals surface area (Å²) < 4.78 is 0.717. The first kappa shape index (κ1) is 14.0. The summed E-state index contributed by atoms with van der Waals surface area (Å²) >= 11 is 3.33. The number of carbonyl (C=O) groups excluding carboxylic acids is 1. The van der Waals surface area contributed by atoms with E-state index in [1.807, 2.05) is 17.0 Å². The van der Waals surface area contributed by atoms with Crippen molar-refractivity contribution >= 4 is 21.8 Å². The largest absolute Gasteiger partial charge is 0.336 e. The number of hydrogen-bond acceptors (Lipinski definition) is 3. The number of nitrogens with zero attached hydrogens (tertiary/aromatic N) is 3. The van der Waals surface area contributed by atoms with Crippen molar-refractivity contribution in [2.75, 3.05) is 26.2 Å². The highest BCUT2D eigenvalue weighted by Crippen LogP contribution is 2.25. The van der Waals surface area contributed by atoms with Crippen LogP contribution in [0.15, 0.2) is 22.8 Å². The molecule has 1 aliphatic carbocycles. The molecule has 20 heavy (non-hydrogen) atoms. The number of rotatable bonds is 2. The van der Waals surface area contributed by atoms with Crippen LogP contribution in [0.4, 0.5) is 0 Å². The summed E-state index contributed by atoms with van der Waals surface area (Å²) in [6.07, 6.45) is 5.10. The van der Waals surface area contributed by atoms with Gasteiger partial charge in [0.15, 0.2) is 0 Å². The molecular formula is C15H20BrN3O. The zero-order valence-corrected chi connectivity index (χ0v) is 13.2. The Morgan fingerprint density at radius 2 is 2.00 bits per heavy atom. The minimum Gasteiger partial charge on any atom is -0.336 e. The van der Waals surface area contributed by atoms with Gasteiger partial charge in [0.1, 0.15) is 10.3 Å². The minimum absolute atomic E-state index is 0.0572. The molecule has 2 aliphatic rings. The summed E-state index contributed by atoms with van der Waals surface area (Å²) in [7, 11) is 0. The van der Waals surface area contributed by atoms with E-state index in [0.717, 1.165) is 38.6 Å². The monoisotopic (exact) mass is 337 g/mol. The summed E-state index contributed by atoms with van der Waals surface area (Å²) in [5.41, 5.74) is 0.538. The first-order valence-corrected chi connectivity index (χ1v) is 8.19. The van der Waals surface area contributed by atoms with Crippen molar-refractivity contribution in [1.29, 1.82) is 0 Å². The van der Waals surface area contributed by atoms with Crippen molar-refractivity contribution < 1.29 is 4.79 Å². The highest BCUT2D eigenvalue weighted by Gasteiger charge is 2.28. The van der Waals surface area contributed by atoms with Gasteiger partial charge in [-0.15, -0.1) is 0 Å². The Bertz CT molecular complexity index is 490. The van der Waals surface area contributed by atoms with Crippen LogP contribution in [-0.4, -0.2) is 52.9 Å².